The van der Waals surface area contributed by atoms with E-state index in [9.17, 15) is 0 Å². The van der Waals surface area contributed by atoms with Crippen molar-refractivity contribution >= 4 is 17.3 Å². The van der Waals surface area contributed by atoms with Gasteiger partial charge in [0.15, 0.2) is 5.96 Å². The van der Waals surface area contributed by atoms with Crippen LogP contribution < -0.4 is 10.6 Å². The minimum atomic E-state index is 0.683. The Bertz CT molecular complexity index is 661. The van der Waals surface area contributed by atoms with Crippen LogP contribution in [0.25, 0.3) is 0 Å². The lowest BCUT2D eigenvalue weighted by molar-refractivity contribution is 0.401. The molecule has 2 rings (SSSR count). The molecule has 130 valence electrons. The van der Waals surface area contributed by atoms with Crippen LogP contribution in [-0.4, -0.2) is 31.5 Å². The standard InChI is InChI=1S/C19H28N4S/c1-5-20-19(22-13-18-11-10-15(2)24-18)21-12-16-8-6-7-9-17(16)14-23(3)4/h6-11H,5,12-14H2,1-4H3,(H2,20,21,22). The fourth-order valence-corrected chi connectivity index (χ4v) is 3.29. The van der Waals surface area contributed by atoms with Gasteiger partial charge >= 0.3 is 0 Å². The van der Waals surface area contributed by atoms with E-state index in [1.807, 2.05) is 11.3 Å². The molecule has 0 spiro atoms. The predicted octanol–water partition coefficient (Wildman–Crippen LogP) is 3.37. The average molecular weight is 345 g/mol. The number of benzene rings is 1. The highest BCUT2D eigenvalue weighted by Crippen LogP contribution is 2.14. The van der Waals surface area contributed by atoms with Crippen LogP contribution in [-0.2, 0) is 19.6 Å². The van der Waals surface area contributed by atoms with Crippen molar-refractivity contribution in [1.29, 1.82) is 0 Å². The number of nitrogens with zero attached hydrogens (tertiary/aromatic N) is 2. The number of guanidine groups is 1. The lowest BCUT2D eigenvalue weighted by Gasteiger charge is -2.14. The largest absolute Gasteiger partial charge is 0.357 e. The van der Waals surface area contributed by atoms with Gasteiger partial charge in [-0.2, -0.15) is 0 Å². The van der Waals surface area contributed by atoms with Gasteiger partial charge in [-0.1, -0.05) is 24.3 Å². The summed E-state index contributed by atoms with van der Waals surface area (Å²) in [5, 5.41) is 6.74. The molecule has 0 amide bonds. The quantitative estimate of drug-likeness (QED) is 0.597. The number of nitrogens with one attached hydrogen (secondary N) is 2. The molecule has 0 radical (unpaired) electrons. The number of aryl methyl sites for hydroxylation is 1. The van der Waals surface area contributed by atoms with Crippen molar-refractivity contribution in [3.8, 4) is 0 Å². The van der Waals surface area contributed by atoms with Crippen molar-refractivity contribution in [3.63, 3.8) is 0 Å². The third-order valence-corrected chi connectivity index (χ3v) is 4.58. The van der Waals surface area contributed by atoms with E-state index in [0.29, 0.717) is 6.54 Å². The average Bonchev–Trinajstić information content (AvgIpc) is 2.96. The third kappa shape index (κ3) is 5.98. The second kappa shape index (κ2) is 9.45. The van der Waals surface area contributed by atoms with Gasteiger partial charge < -0.3 is 15.5 Å². The minimum Gasteiger partial charge on any atom is -0.357 e. The van der Waals surface area contributed by atoms with E-state index < -0.39 is 0 Å². The fraction of sp³-hybridized carbons (Fsp3) is 0.421. The van der Waals surface area contributed by atoms with Crippen LogP contribution in [0.3, 0.4) is 0 Å². The second-order valence-electron chi connectivity index (χ2n) is 6.07. The van der Waals surface area contributed by atoms with Gasteiger partial charge in [0.05, 0.1) is 13.1 Å². The van der Waals surface area contributed by atoms with Crippen LogP contribution in [0.4, 0.5) is 0 Å². The Morgan fingerprint density at radius 3 is 2.46 bits per heavy atom. The molecule has 0 atom stereocenters. The number of hydrogen-bond acceptors (Lipinski definition) is 3. The van der Waals surface area contributed by atoms with Crippen LogP contribution in [0.5, 0.6) is 0 Å². The van der Waals surface area contributed by atoms with Gasteiger partial charge in [0.25, 0.3) is 0 Å². The zero-order chi connectivity index (χ0) is 17.4. The van der Waals surface area contributed by atoms with Crippen LogP contribution >= 0.6 is 11.3 Å². The van der Waals surface area contributed by atoms with Crippen molar-refractivity contribution in [3.05, 3.63) is 57.3 Å². The molecule has 0 unspecified atom stereocenters. The molecule has 0 aliphatic rings. The summed E-state index contributed by atoms with van der Waals surface area (Å²) in [4.78, 5) is 9.60. The molecular formula is C19H28N4S. The maximum Gasteiger partial charge on any atom is 0.191 e. The number of hydrogen-bond donors (Lipinski definition) is 2. The highest BCUT2D eigenvalue weighted by molar-refractivity contribution is 7.11. The summed E-state index contributed by atoms with van der Waals surface area (Å²) < 4.78 is 0. The molecule has 0 bridgehead atoms. The third-order valence-electron chi connectivity index (χ3n) is 3.58. The van der Waals surface area contributed by atoms with E-state index in [0.717, 1.165) is 25.6 Å². The summed E-state index contributed by atoms with van der Waals surface area (Å²) in [6.45, 7) is 7.51. The molecule has 0 saturated heterocycles. The number of rotatable bonds is 7. The van der Waals surface area contributed by atoms with Gasteiger partial charge in [-0.3, -0.25) is 0 Å². The van der Waals surface area contributed by atoms with E-state index in [2.05, 4.69) is 79.9 Å². The summed E-state index contributed by atoms with van der Waals surface area (Å²) in [6.07, 6.45) is 0. The molecule has 5 heteroatoms. The van der Waals surface area contributed by atoms with Gasteiger partial charge in [-0.25, -0.2) is 4.99 Å². The lowest BCUT2D eigenvalue weighted by Crippen LogP contribution is -2.36. The Hall–Kier alpha value is -1.85. The summed E-state index contributed by atoms with van der Waals surface area (Å²) in [6, 6.07) is 12.8. The van der Waals surface area contributed by atoms with E-state index in [1.54, 1.807) is 0 Å². The van der Waals surface area contributed by atoms with Crippen LogP contribution in [0.15, 0.2) is 41.4 Å². The van der Waals surface area contributed by atoms with E-state index in [4.69, 9.17) is 4.99 Å². The Morgan fingerprint density at radius 1 is 1.08 bits per heavy atom. The highest BCUT2D eigenvalue weighted by atomic mass is 32.1. The Kier molecular flexibility index (Phi) is 7.28. The normalized spacial score (nSPS) is 11.8. The van der Waals surface area contributed by atoms with E-state index in [1.165, 1.54) is 20.9 Å². The molecule has 0 aliphatic carbocycles. The molecular weight excluding hydrogens is 316 g/mol. The van der Waals surface area contributed by atoms with Gasteiger partial charge in [0.2, 0.25) is 0 Å². The minimum absolute atomic E-state index is 0.683. The molecule has 24 heavy (non-hydrogen) atoms. The first kappa shape index (κ1) is 18.5. The number of aliphatic imine (C=N–C) groups is 1. The SMILES string of the molecule is CCNC(=NCc1ccccc1CN(C)C)NCc1ccc(C)s1. The maximum absolute atomic E-state index is 4.75. The topological polar surface area (TPSA) is 39.7 Å². The lowest BCUT2D eigenvalue weighted by atomic mass is 10.1. The fourth-order valence-electron chi connectivity index (χ4n) is 2.46. The van der Waals surface area contributed by atoms with E-state index in [-0.39, 0.29) is 0 Å². The predicted molar refractivity (Wildman–Crippen MR) is 105 cm³/mol. The molecule has 2 N–H and O–H groups in total. The van der Waals surface area contributed by atoms with Crippen molar-refractivity contribution < 1.29 is 0 Å². The molecule has 0 fully saturated rings. The number of thiophene rings is 1. The zero-order valence-electron chi connectivity index (χ0n) is 15.1. The van der Waals surface area contributed by atoms with Crippen molar-refractivity contribution in [1.82, 2.24) is 15.5 Å². The summed E-state index contributed by atoms with van der Waals surface area (Å²) in [5.74, 6) is 0.864. The second-order valence-corrected chi connectivity index (χ2v) is 7.44. The van der Waals surface area contributed by atoms with Crippen LogP contribution in [0.2, 0.25) is 0 Å². The maximum atomic E-state index is 4.75. The summed E-state index contributed by atoms with van der Waals surface area (Å²) >= 11 is 1.82. The van der Waals surface area contributed by atoms with Crippen LogP contribution in [0.1, 0.15) is 27.8 Å². The molecule has 1 aromatic heterocycles. The van der Waals surface area contributed by atoms with Gasteiger partial charge in [-0.15, -0.1) is 11.3 Å². The summed E-state index contributed by atoms with van der Waals surface area (Å²) in [7, 11) is 4.18. The molecule has 2 aromatic rings. The Morgan fingerprint density at radius 2 is 1.83 bits per heavy atom. The van der Waals surface area contributed by atoms with Crippen LogP contribution in [0, 0.1) is 6.92 Å². The van der Waals surface area contributed by atoms with Gasteiger partial charge in [-0.05, 0) is 51.2 Å². The van der Waals surface area contributed by atoms with Gasteiger partial charge in [0, 0.05) is 22.8 Å². The van der Waals surface area contributed by atoms with E-state index >= 15 is 0 Å². The molecule has 0 aliphatic heterocycles. The molecule has 1 heterocycles. The first-order chi connectivity index (χ1) is 11.6. The zero-order valence-corrected chi connectivity index (χ0v) is 15.9. The van der Waals surface area contributed by atoms with Gasteiger partial charge in [0.1, 0.15) is 0 Å². The van der Waals surface area contributed by atoms with Crippen molar-refractivity contribution in [2.45, 2.75) is 33.5 Å². The Balaban J connectivity index is 2.02. The first-order valence-corrected chi connectivity index (χ1v) is 9.19. The first-order valence-electron chi connectivity index (χ1n) is 8.37. The highest BCUT2D eigenvalue weighted by Gasteiger charge is 2.04. The Labute approximate surface area is 149 Å². The summed E-state index contributed by atoms with van der Waals surface area (Å²) in [5.41, 5.74) is 2.60. The van der Waals surface area contributed by atoms with Crippen molar-refractivity contribution in [2.24, 2.45) is 4.99 Å². The van der Waals surface area contributed by atoms with Crippen molar-refractivity contribution in [2.75, 3.05) is 20.6 Å². The molecule has 1 aromatic carbocycles. The molecule has 4 nitrogen and oxygen atoms in total. The smallest absolute Gasteiger partial charge is 0.191 e. The monoisotopic (exact) mass is 344 g/mol. The molecule has 0 saturated carbocycles.